The summed E-state index contributed by atoms with van der Waals surface area (Å²) in [6.07, 6.45) is -0.679. The Hall–Kier alpha value is -2.48. The van der Waals surface area contributed by atoms with E-state index in [1.165, 1.54) is 12.1 Å². The monoisotopic (exact) mass is 353 g/mol. The van der Waals surface area contributed by atoms with Crippen LogP contribution in [0, 0.1) is 0 Å². The van der Waals surface area contributed by atoms with Crippen LogP contribution in [0.3, 0.4) is 0 Å². The number of rotatable bonds is 5. The standard InChI is InChI=1S/C17H18F3N3O2/c1-24-9-8-23-14-10-11(6-7-13(14)16(21)22-23)12-4-2-3-5-15(12)25-17(18,19)20/h2-7,14H,8-10H2,1H3,(H2,21,22). The van der Waals surface area contributed by atoms with Crippen LogP contribution in [0.4, 0.5) is 13.2 Å². The average molecular weight is 353 g/mol. The van der Waals surface area contributed by atoms with E-state index >= 15 is 0 Å². The molecule has 1 unspecified atom stereocenters. The molecule has 0 saturated carbocycles. The summed E-state index contributed by atoms with van der Waals surface area (Å²) in [5.41, 5.74) is 7.96. The summed E-state index contributed by atoms with van der Waals surface area (Å²) in [6.45, 7) is 1.03. The predicted octanol–water partition coefficient (Wildman–Crippen LogP) is 2.90. The van der Waals surface area contributed by atoms with Crippen LogP contribution in [0.2, 0.25) is 0 Å². The molecule has 1 atom stereocenters. The molecule has 0 amide bonds. The molecule has 1 aliphatic carbocycles. The summed E-state index contributed by atoms with van der Waals surface area (Å²) in [5.74, 6) is 0.213. The largest absolute Gasteiger partial charge is 0.573 e. The summed E-state index contributed by atoms with van der Waals surface area (Å²) in [5, 5.41) is 6.13. The van der Waals surface area contributed by atoms with Gasteiger partial charge in [0.15, 0.2) is 0 Å². The second kappa shape index (κ2) is 6.79. The zero-order valence-corrected chi connectivity index (χ0v) is 13.6. The van der Waals surface area contributed by atoms with Crippen molar-refractivity contribution in [1.29, 1.82) is 0 Å². The minimum atomic E-state index is -4.74. The Morgan fingerprint density at radius 2 is 2.04 bits per heavy atom. The maximum Gasteiger partial charge on any atom is 0.573 e. The van der Waals surface area contributed by atoms with Crippen molar-refractivity contribution in [2.75, 3.05) is 20.3 Å². The van der Waals surface area contributed by atoms with Crippen LogP contribution >= 0.6 is 0 Å². The van der Waals surface area contributed by atoms with Crippen molar-refractivity contribution in [2.45, 2.75) is 18.8 Å². The number of allylic oxidation sites excluding steroid dienone is 2. The number of hydrogen-bond donors (Lipinski definition) is 1. The second-order valence-electron chi connectivity index (χ2n) is 5.72. The lowest BCUT2D eigenvalue weighted by molar-refractivity contribution is -0.274. The van der Waals surface area contributed by atoms with Gasteiger partial charge in [0.2, 0.25) is 0 Å². The number of halogens is 3. The SMILES string of the molecule is COCCN1N=C(N)C2=CC=C(c3ccccc3OC(F)(F)F)CC21. The smallest absolute Gasteiger partial charge is 0.405 e. The van der Waals surface area contributed by atoms with E-state index in [4.69, 9.17) is 10.5 Å². The van der Waals surface area contributed by atoms with Crippen LogP contribution in [0.15, 0.2) is 47.1 Å². The predicted molar refractivity (Wildman–Crippen MR) is 87.8 cm³/mol. The Morgan fingerprint density at radius 3 is 2.76 bits per heavy atom. The molecule has 5 nitrogen and oxygen atoms in total. The van der Waals surface area contributed by atoms with Gasteiger partial charge in [0.1, 0.15) is 11.6 Å². The number of amidine groups is 1. The van der Waals surface area contributed by atoms with Crippen LogP contribution < -0.4 is 10.5 Å². The highest BCUT2D eigenvalue weighted by molar-refractivity contribution is 6.01. The van der Waals surface area contributed by atoms with Gasteiger partial charge in [-0.2, -0.15) is 5.10 Å². The highest BCUT2D eigenvalue weighted by Gasteiger charge is 2.35. The van der Waals surface area contributed by atoms with Gasteiger partial charge in [-0.15, -0.1) is 13.2 Å². The van der Waals surface area contributed by atoms with Crippen molar-refractivity contribution in [2.24, 2.45) is 10.8 Å². The molecule has 0 bridgehead atoms. The Kier molecular flexibility index (Phi) is 4.71. The maximum atomic E-state index is 12.6. The molecule has 1 aromatic carbocycles. The quantitative estimate of drug-likeness (QED) is 0.884. The zero-order chi connectivity index (χ0) is 18.0. The van der Waals surface area contributed by atoms with E-state index in [0.717, 1.165) is 11.1 Å². The van der Waals surface area contributed by atoms with Gasteiger partial charge in [-0.25, -0.2) is 0 Å². The third kappa shape index (κ3) is 3.79. The number of ether oxygens (including phenoxy) is 2. The van der Waals surface area contributed by atoms with Crippen molar-refractivity contribution in [1.82, 2.24) is 5.01 Å². The first-order valence-electron chi connectivity index (χ1n) is 7.75. The molecule has 0 saturated heterocycles. The Labute approximate surface area is 143 Å². The van der Waals surface area contributed by atoms with Crippen molar-refractivity contribution in [3.05, 3.63) is 47.6 Å². The highest BCUT2D eigenvalue weighted by atomic mass is 19.4. The number of alkyl halides is 3. The lowest BCUT2D eigenvalue weighted by Crippen LogP contribution is -2.32. The van der Waals surface area contributed by atoms with E-state index in [1.807, 2.05) is 5.01 Å². The molecule has 0 fully saturated rings. The van der Waals surface area contributed by atoms with Crippen molar-refractivity contribution >= 4 is 11.4 Å². The van der Waals surface area contributed by atoms with E-state index in [1.54, 1.807) is 31.4 Å². The average Bonchev–Trinajstić information content (AvgIpc) is 2.87. The number of nitrogens with zero attached hydrogens (tertiary/aromatic N) is 2. The molecular formula is C17H18F3N3O2. The number of benzene rings is 1. The van der Waals surface area contributed by atoms with E-state index in [0.29, 0.717) is 31.0 Å². The number of para-hydroxylation sites is 1. The number of nitrogens with two attached hydrogens (primary N) is 1. The molecular weight excluding hydrogens is 335 g/mol. The summed E-state index contributed by atoms with van der Waals surface area (Å²) in [7, 11) is 1.59. The van der Waals surface area contributed by atoms with E-state index in [9.17, 15) is 13.2 Å². The van der Waals surface area contributed by atoms with E-state index < -0.39 is 6.36 Å². The molecule has 1 aromatic rings. The fourth-order valence-electron chi connectivity index (χ4n) is 3.01. The topological polar surface area (TPSA) is 60.1 Å². The van der Waals surface area contributed by atoms with E-state index in [2.05, 4.69) is 9.84 Å². The number of hydrazone groups is 1. The molecule has 1 heterocycles. The Morgan fingerprint density at radius 1 is 1.28 bits per heavy atom. The van der Waals surface area contributed by atoms with Gasteiger partial charge in [0.25, 0.3) is 0 Å². The van der Waals surface area contributed by atoms with Crippen LogP contribution in [0.1, 0.15) is 12.0 Å². The molecule has 0 radical (unpaired) electrons. The second-order valence-corrected chi connectivity index (χ2v) is 5.72. The molecule has 0 aromatic heterocycles. The fourth-order valence-corrected chi connectivity index (χ4v) is 3.01. The molecule has 2 aliphatic rings. The number of hydrogen-bond acceptors (Lipinski definition) is 5. The molecule has 134 valence electrons. The first-order chi connectivity index (χ1) is 11.9. The normalized spacial score (nSPS) is 19.9. The van der Waals surface area contributed by atoms with Crippen LogP contribution in [-0.2, 0) is 4.74 Å². The van der Waals surface area contributed by atoms with E-state index in [-0.39, 0.29) is 11.8 Å². The molecule has 1 aliphatic heterocycles. The first kappa shape index (κ1) is 17.3. The van der Waals surface area contributed by atoms with Gasteiger partial charge in [-0.1, -0.05) is 30.4 Å². The van der Waals surface area contributed by atoms with Gasteiger partial charge < -0.3 is 15.2 Å². The maximum absolute atomic E-state index is 12.6. The fraction of sp³-hybridized carbons (Fsp3) is 0.353. The van der Waals surface area contributed by atoms with Crippen LogP contribution in [0.25, 0.3) is 5.57 Å². The lowest BCUT2D eigenvalue weighted by Gasteiger charge is -2.27. The van der Waals surface area contributed by atoms with Crippen molar-refractivity contribution < 1.29 is 22.6 Å². The highest BCUT2D eigenvalue weighted by Crippen LogP contribution is 2.38. The lowest BCUT2D eigenvalue weighted by atomic mass is 9.89. The van der Waals surface area contributed by atoms with Crippen LogP contribution in [0.5, 0.6) is 5.75 Å². The summed E-state index contributed by atoms with van der Waals surface area (Å²) in [6, 6.07) is 6.00. The molecule has 8 heteroatoms. The zero-order valence-electron chi connectivity index (χ0n) is 13.6. The molecule has 2 N–H and O–H groups in total. The number of fused-ring (bicyclic) bond motifs is 1. The third-order valence-electron chi connectivity index (χ3n) is 4.11. The summed E-state index contributed by atoms with van der Waals surface area (Å²) < 4.78 is 47.2. The van der Waals surface area contributed by atoms with Gasteiger partial charge in [0, 0.05) is 18.2 Å². The Balaban J connectivity index is 1.88. The van der Waals surface area contributed by atoms with Gasteiger partial charge >= 0.3 is 6.36 Å². The minimum absolute atomic E-state index is 0.117. The third-order valence-corrected chi connectivity index (χ3v) is 4.11. The minimum Gasteiger partial charge on any atom is -0.405 e. The Bertz CT molecular complexity index is 741. The number of methoxy groups -OCH3 is 1. The van der Waals surface area contributed by atoms with Crippen LogP contribution in [-0.4, -0.2) is 43.5 Å². The first-order valence-corrected chi connectivity index (χ1v) is 7.75. The van der Waals surface area contributed by atoms with Gasteiger partial charge in [-0.05, 0) is 18.1 Å². The van der Waals surface area contributed by atoms with Crippen molar-refractivity contribution in [3.8, 4) is 5.75 Å². The molecule has 0 spiro atoms. The van der Waals surface area contributed by atoms with Crippen molar-refractivity contribution in [3.63, 3.8) is 0 Å². The summed E-state index contributed by atoms with van der Waals surface area (Å²) >= 11 is 0. The molecule has 25 heavy (non-hydrogen) atoms. The molecule has 3 rings (SSSR count). The van der Waals surface area contributed by atoms with Gasteiger partial charge in [0.05, 0.1) is 19.2 Å². The van der Waals surface area contributed by atoms with Gasteiger partial charge in [-0.3, -0.25) is 5.01 Å². The summed E-state index contributed by atoms with van der Waals surface area (Å²) in [4.78, 5) is 0.